The van der Waals surface area contributed by atoms with Gasteiger partial charge in [0.1, 0.15) is 11.5 Å². The first-order valence-electron chi connectivity index (χ1n) is 11.0. The van der Waals surface area contributed by atoms with Crippen LogP contribution in [-0.4, -0.2) is 78.7 Å². The van der Waals surface area contributed by atoms with E-state index in [1.54, 1.807) is 0 Å². The van der Waals surface area contributed by atoms with E-state index < -0.39 is 11.9 Å². The number of carbonyl (C=O) groups is 1. The minimum atomic E-state index is -4.55. The van der Waals surface area contributed by atoms with E-state index in [4.69, 9.17) is 4.74 Å². The molecule has 0 saturated carbocycles. The number of alkyl halides is 3. The summed E-state index contributed by atoms with van der Waals surface area (Å²) >= 11 is 0. The molecule has 2 saturated heterocycles. The van der Waals surface area contributed by atoms with Gasteiger partial charge in [0.05, 0.1) is 0 Å². The van der Waals surface area contributed by atoms with Gasteiger partial charge in [-0.15, -0.1) is 0 Å². The van der Waals surface area contributed by atoms with Crippen molar-refractivity contribution in [2.75, 3.05) is 57.4 Å². The van der Waals surface area contributed by atoms with Crippen LogP contribution < -0.4 is 4.90 Å². The Kier molecular flexibility index (Phi) is 7.59. The van der Waals surface area contributed by atoms with Crippen LogP contribution in [-0.2, 0) is 15.7 Å². The number of rotatable bonds is 6. The lowest BCUT2D eigenvalue weighted by molar-refractivity contribution is -0.141. The van der Waals surface area contributed by atoms with E-state index in [-0.39, 0.29) is 17.3 Å². The summed E-state index contributed by atoms with van der Waals surface area (Å²) in [7, 11) is 0. The number of halogens is 3. The Bertz CT molecular complexity index is 743. The summed E-state index contributed by atoms with van der Waals surface area (Å²) in [6, 6.07) is 3.71. The summed E-state index contributed by atoms with van der Waals surface area (Å²) in [5.41, 5.74) is -1.32. The molecular formula is C22H33F3N4O2. The van der Waals surface area contributed by atoms with Crippen LogP contribution in [0.5, 0.6) is 0 Å². The number of carbonyl (C=O) groups excluding carboxylic acids is 1. The highest BCUT2D eigenvalue weighted by molar-refractivity contribution is 5.90. The molecule has 1 amide bonds. The Hall–Kier alpha value is -1.71. The molecule has 0 aliphatic carbocycles. The van der Waals surface area contributed by atoms with Gasteiger partial charge in [0.2, 0.25) is 5.91 Å². The Morgan fingerprint density at radius 1 is 1.19 bits per heavy atom. The fourth-order valence-corrected chi connectivity index (χ4v) is 4.63. The van der Waals surface area contributed by atoms with E-state index in [1.807, 2.05) is 0 Å². The molecule has 0 unspecified atom stereocenters. The third-order valence-corrected chi connectivity index (χ3v) is 6.22. The normalized spacial score (nSPS) is 20.7. The number of pyridine rings is 1. The molecule has 2 aliphatic heterocycles. The minimum absolute atomic E-state index is 0.0478. The van der Waals surface area contributed by atoms with Gasteiger partial charge in [-0.2, -0.15) is 13.2 Å². The number of ether oxygens (including phenoxy) is 1. The van der Waals surface area contributed by atoms with Crippen LogP contribution in [0.1, 0.15) is 39.3 Å². The first-order valence-corrected chi connectivity index (χ1v) is 11.0. The van der Waals surface area contributed by atoms with Gasteiger partial charge < -0.3 is 9.64 Å². The third kappa shape index (κ3) is 5.96. The van der Waals surface area contributed by atoms with Crippen LogP contribution in [0, 0.1) is 5.92 Å². The maximum absolute atomic E-state index is 13.2. The average molecular weight is 443 g/mol. The Balaban J connectivity index is 1.82. The van der Waals surface area contributed by atoms with Gasteiger partial charge in [0.15, 0.2) is 0 Å². The van der Waals surface area contributed by atoms with Crippen molar-refractivity contribution in [1.29, 1.82) is 0 Å². The van der Waals surface area contributed by atoms with E-state index in [0.29, 0.717) is 25.7 Å². The largest absolute Gasteiger partial charge is 0.433 e. The lowest BCUT2D eigenvalue weighted by Crippen LogP contribution is -2.63. The molecule has 3 heterocycles. The summed E-state index contributed by atoms with van der Waals surface area (Å²) < 4.78 is 45.2. The summed E-state index contributed by atoms with van der Waals surface area (Å²) in [5, 5.41) is 0. The fraction of sp³-hybridized carbons (Fsp3) is 0.727. The van der Waals surface area contributed by atoms with E-state index in [0.717, 1.165) is 51.6 Å². The molecule has 0 radical (unpaired) electrons. The van der Waals surface area contributed by atoms with Crippen molar-refractivity contribution >= 4 is 11.7 Å². The van der Waals surface area contributed by atoms with Crippen molar-refractivity contribution in [1.82, 2.24) is 14.8 Å². The summed E-state index contributed by atoms with van der Waals surface area (Å²) in [6.45, 7) is 12.0. The van der Waals surface area contributed by atoms with Crippen LogP contribution in [0.3, 0.4) is 0 Å². The van der Waals surface area contributed by atoms with E-state index in [2.05, 4.69) is 28.6 Å². The number of piperazine rings is 1. The molecule has 0 N–H and O–H groups in total. The number of amides is 1. The van der Waals surface area contributed by atoms with Crippen molar-refractivity contribution in [2.24, 2.45) is 5.92 Å². The predicted octanol–water partition coefficient (Wildman–Crippen LogP) is 3.28. The Morgan fingerprint density at radius 3 is 2.39 bits per heavy atom. The molecule has 31 heavy (non-hydrogen) atoms. The number of hydrogen-bond acceptors (Lipinski definition) is 5. The number of anilines is 1. The van der Waals surface area contributed by atoms with Gasteiger partial charge in [0, 0.05) is 64.9 Å². The van der Waals surface area contributed by atoms with Gasteiger partial charge in [-0.05, 0) is 30.9 Å². The second-order valence-electron chi connectivity index (χ2n) is 9.00. The standard InChI is InChI=1S/C22H33F3N4O2/c1-17(2)15-27-9-11-28(12-10-27)21(7-13-31-14-8-21)16-29(18(3)30)20-6-4-5-19(26-20)22(23,24)25/h4-6,17H,7-16H2,1-3H3. The first-order chi connectivity index (χ1) is 14.6. The molecule has 1 aromatic heterocycles. The molecule has 0 spiro atoms. The Morgan fingerprint density at radius 2 is 1.84 bits per heavy atom. The van der Waals surface area contributed by atoms with Crippen LogP contribution in [0.4, 0.5) is 19.0 Å². The SMILES string of the molecule is CC(=O)N(CC1(N2CCN(CC(C)C)CC2)CCOCC1)c1cccc(C(F)(F)F)n1. The maximum Gasteiger partial charge on any atom is 0.433 e. The maximum atomic E-state index is 13.2. The molecule has 0 aromatic carbocycles. The first kappa shape index (κ1) is 23.9. The zero-order chi connectivity index (χ0) is 22.6. The molecule has 0 atom stereocenters. The van der Waals surface area contributed by atoms with Gasteiger partial charge in [-0.3, -0.25) is 14.6 Å². The lowest BCUT2D eigenvalue weighted by Gasteiger charge is -2.51. The highest BCUT2D eigenvalue weighted by Gasteiger charge is 2.42. The van der Waals surface area contributed by atoms with Crippen LogP contribution in [0.2, 0.25) is 0 Å². The smallest absolute Gasteiger partial charge is 0.381 e. The molecule has 2 aliphatic rings. The van der Waals surface area contributed by atoms with Crippen molar-refractivity contribution in [3.63, 3.8) is 0 Å². The molecule has 6 nitrogen and oxygen atoms in total. The van der Waals surface area contributed by atoms with Crippen molar-refractivity contribution in [3.05, 3.63) is 23.9 Å². The van der Waals surface area contributed by atoms with Crippen molar-refractivity contribution in [2.45, 2.75) is 45.3 Å². The second kappa shape index (κ2) is 9.83. The Labute approximate surface area is 182 Å². The average Bonchev–Trinajstić information content (AvgIpc) is 2.72. The fourth-order valence-electron chi connectivity index (χ4n) is 4.63. The van der Waals surface area contributed by atoms with Crippen LogP contribution >= 0.6 is 0 Å². The molecule has 9 heteroatoms. The molecule has 2 fully saturated rings. The van der Waals surface area contributed by atoms with E-state index in [1.165, 1.54) is 24.0 Å². The number of nitrogens with zero attached hydrogens (tertiary/aromatic N) is 4. The lowest BCUT2D eigenvalue weighted by atomic mass is 9.86. The molecular weight excluding hydrogens is 409 g/mol. The predicted molar refractivity (Wildman–Crippen MR) is 113 cm³/mol. The molecule has 3 rings (SSSR count). The second-order valence-corrected chi connectivity index (χ2v) is 9.00. The molecule has 174 valence electrons. The zero-order valence-electron chi connectivity index (χ0n) is 18.6. The highest BCUT2D eigenvalue weighted by atomic mass is 19.4. The summed E-state index contributed by atoms with van der Waals surface area (Å²) in [6.07, 6.45) is -3.08. The molecule has 1 aromatic rings. The van der Waals surface area contributed by atoms with Gasteiger partial charge in [0.25, 0.3) is 0 Å². The monoisotopic (exact) mass is 442 g/mol. The molecule has 0 bridgehead atoms. The topological polar surface area (TPSA) is 48.9 Å². The third-order valence-electron chi connectivity index (χ3n) is 6.22. The van der Waals surface area contributed by atoms with Crippen LogP contribution in [0.25, 0.3) is 0 Å². The van der Waals surface area contributed by atoms with Crippen LogP contribution in [0.15, 0.2) is 18.2 Å². The van der Waals surface area contributed by atoms with Gasteiger partial charge in [-0.25, -0.2) is 4.98 Å². The quantitative estimate of drug-likeness (QED) is 0.677. The number of hydrogen-bond donors (Lipinski definition) is 0. The number of aromatic nitrogens is 1. The van der Waals surface area contributed by atoms with E-state index in [9.17, 15) is 18.0 Å². The van der Waals surface area contributed by atoms with Crippen molar-refractivity contribution < 1.29 is 22.7 Å². The van der Waals surface area contributed by atoms with Crippen molar-refractivity contribution in [3.8, 4) is 0 Å². The van der Waals surface area contributed by atoms with Gasteiger partial charge >= 0.3 is 6.18 Å². The summed E-state index contributed by atoms with van der Waals surface area (Å²) in [4.78, 5) is 22.6. The zero-order valence-corrected chi connectivity index (χ0v) is 18.6. The summed E-state index contributed by atoms with van der Waals surface area (Å²) in [5.74, 6) is 0.339. The minimum Gasteiger partial charge on any atom is -0.381 e. The highest BCUT2D eigenvalue weighted by Crippen LogP contribution is 2.33. The van der Waals surface area contributed by atoms with E-state index >= 15 is 0 Å². The van der Waals surface area contributed by atoms with Gasteiger partial charge in [-0.1, -0.05) is 19.9 Å².